The average molecular weight is 492 g/mol. The normalized spacial score (nSPS) is 11.9. The number of aliphatic imine (C=N–C) groups is 1. The third-order valence-electron chi connectivity index (χ3n) is 3.91. The number of benzene rings is 1. The molecule has 7 nitrogen and oxygen atoms in total. The molecule has 0 aliphatic rings. The number of amides is 1. The van der Waals surface area contributed by atoms with E-state index in [0.29, 0.717) is 25.0 Å². The molecule has 0 saturated heterocycles. The molecular formula is C19H33IN4O3. The van der Waals surface area contributed by atoms with Crippen molar-refractivity contribution in [1.82, 2.24) is 16.0 Å². The molecule has 0 fully saturated rings. The number of ether oxygens (including phenoxy) is 2. The van der Waals surface area contributed by atoms with E-state index in [2.05, 4.69) is 40.0 Å². The van der Waals surface area contributed by atoms with Gasteiger partial charge < -0.3 is 25.4 Å². The third-order valence-corrected chi connectivity index (χ3v) is 3.91. The molecule has 1 aromatic rings. The fourth-order valence-corrected chi connectivity index (χ4v) is 2.35. The molecule has 0 aliphatic heterocycles. The summed E-state index contributed by atoms with van der Waals surface area (Å²) < 4.78 is 10.1. The molecule has 3 N–H and O–H groups in total. The summed E-state index contributed by atoms with van der Waals surface area (Å²) in [5.41, 5.74) is 1.27. The number of nitrogens with zero attached hydrogens (tertiary/aromatic N) is 1. The summed E-state index contributed by atoms with van der Waals surface area (Å²) >= 11 is 0. The van der Waals surface area contributed by atoms with Crippen LogP contribution >= 0.6 is 24.0 Å². The van der Waals surface area contributed by atoms with Crippen LogP contribution in [0.5, 0.6) is 5.75 Å². The van der Waals surface area contributed by atoms with E-state index in [1.54, 1.807) is 14.2 Å². The van der Waals surface area contributed by atoms with Crippen molar-refractivity contribution in [3.63, 3.8) is 0 Å². The minimum atomic E-state index is -0.120. The lowest BCUT2D eigenvalue weighted by atomic mass is 9.98. The summed E-state index contributed by atoms with van der Waals surface area (Å²) in [6, 6.07) is 8.14. The Morgan fingerprint density at radius 2 is 1.81 bits per heavy atom. The van der Waals surface area contributed by atoms with Crippen molar-refractivity contribution in [3.05, 3.63) is 29.8 Å². The van der Waals surface area contributed by atoms with Gasteiger partial charge in [-0.3, -0.25) is 4.79 Å². The maximum absolute atomic E-state index is 11.7. The Bertz CT molecular complexity index is 552. The summed E-state index contributed by atoms with van der Waals surface area (Å²) in [6.45, 7) is 6.78. The number of carbonyl (C=O) groups is 1. The summed E-state index contributed by atoms with van der Waals surface area (Å²) in [5.74, 6) is 1.81. The van der Waals surface area contributed by atoms with E-state index >= 15 is 0 Å². The van der Waals surface area contributed by atoms with E-state index in [0.717, 1.165) is 25.3 Å². The number of guanidine groups is 1. The van der Waals surface area contributed by atoms with Gasteiger partial charge in [0.1, 0.15) is 12.3 Å². The average Bonchev–Trinajstić information content (AvgIpc) is 2.66. The van der Waals surface area contributed by atoms with Crippen molar-refractivity contribution >= 4 is 35.8 Å². The predicted octanol–water partition coefficient (Wildman–Crippen LogP) is 2.12. The Morgan fingerprint density at radius 3 is 2.41 bits per heavy atom. The molecule has 0 radical (unpaired) electrons. The number of nitrogens with one attached hydrogen (secondary N) is 3. The van der Waals surface area contributed by atoms with E-state index in [9.17, 15) is 4.79 Å². The van der Waals surface area contributed by atoms with Gasteiger partial charge in [-0.25, -0.2) is 4.99 Å². The monoisotopic (exact) mass is 492 g/mol. The van der Waals surface area contributed by atoms with Gasteiger partial charge in [0.25, 0.3) is 0 Å². The van der Waals surface area contributed by atoms with Crippen LogP contribution in [-0.4, -0.2) is 58.9 Å². The third kappa shape index (κ3) is 11.0. The molecule has 0 saturated carbocycles. The smallest absolute Gasteiger partial charge is 0.241 e. The number of hydrogen-bond donors (Lipinski definition) is 3. The molecule has 0 heterocycles. The van der Waals surface area contributed by atoms with Crippen molar-refractivity contribution in [3.8, 4) is 5.75 Å². The molecule has 27 heavy (non-hydrogen) atoms. The van der Waals surface area contributed by atoms with E-state index < -0.39 is 0 Å². The van der Waals surface area contributed by atoms with Gasteiger partial charge in [-0.1, -0.05) is 19.1 Å². The number of carbonyl (C=O) groups excluding carboxylic acids is 1. The second kappa shape index (κ2) is 15.5. The zero-order valence-electron chi connectivity index (χ0n) is 16.7. The second-order valence-corrected chi connectivity index (χ2v) is 5.93. The largest absolute Gasteiger partial charge is 0.497 e. The Morgan fingerprint density at radius 1 is 1.11 bits per heavy atom. The van der Waals surface area contributed by atoms with Crippen molar-refractivity contribution < 1.29 is 14.3 Å². The number of hydrogen-bond acceptors (Lipinski definition) is 4. The van der Waals surface area contributed by atoms with Crippen molar-refractivity contribution in [1.29, 1.82) is 0 Å². The standard InChI is InChI=1S/C19H32N4O3.HI/c1-5-20-19(23-14-18(24)21-12-13-25-3)22-11-10-15(2)16-6-8-17(26-4)9-7-16;/h6-9,15H,5,10-14H2,1-4H3,(H,21,24)(H2,20,22,23);1H. The van der Waals surface area contributed by atoms with E-state index in [4.69, 9.17) is 9.47 Å². The number of rotatable bonds is 11. The predicted molar refractivity (Wildman–Crippen MR) is 120 cm³/mol. The number of halogens is 1. The fourth-order valence-electron chi connectivity index (χ4n) is 2.35. The molecule has 0 spiro atoms. The van der Waals surface area contributed by atoms with E-state index in [1.165, 1.54) is 5.56 Å². The molecule has 1 amide bonds. The first-order valence-electron chi connectivity index (χ1n) is 9.02. The summed E-state index contributed by atoms with van der Waals surface area (Å²) in [4.78, 5) is 16.0. The Labute approximate surface area is 179 Å². The van der Waals surface area contributed by atoms with Crippen LogP contribution in [-0.2, 0) is 9.53 Å². The molecule has 1 unspecified atom stereocenters. The first-order chi connectivity index (χ1) is 12.6. The van der Waals surface area contributed by atoms with Crippen LogP contribution < -0.4 is 20.7 Å². The van der Waals surface area contributed by atoms with Gasteiger partial charge in [0.15, 0.2) is 5.96 Å². The highest BCUT2D eigenvalue weighted by molar-refractivity contribution is 14.0. The van der Waals surface area contributed by atoms with Crippen molar-refractivity contribution in [2.75, 3.05) is 47.0 Å². The molecule has 0 aromatic heterocycles. The molecule has 0 aliphatic carbocycles. The fraction of sp³-hybridized carbons (Fsp3) is 0.579. The molecular weight excluding hydrogens is 459 g/mol. The molecule has 154 valence electrons. The van der Waals surface area contributed by atoms with Crippen LogP contribution in [0.4, 0.5) is 0 Å². The Hall–Kier alpha value is -1.55. The van der Waals surface area contributed by atoms with Crippen molar-refractivity contribution in [2.45, 2.75) is 26.2 Å². The van der Waals surface area contributed by atoms with Crippen LogP contribution in [0.15, 0.2) is 29.3 Å². The summed E-state index contributed by atoms with van der Waals surface area (Å²) in [6.07, 6.45) is 0.955. The highest BCUT2D eigenvalue weighted by Gasteiger charge is 2.07. The van der Waals surface area contributed by atoms with Gasteiger partial charge in [0.2, 0.25) is 5.91 Å². The van der Waals surface area contributed by atoms with Gasteiger partial charge in [-0.15, -0.1) is 24.0 Å². The Kier molecular flexibility index (Phi) is 14.6. The maximum Gasteiger partial charge on any atom is 0.241 e. The van der Waals surface area contributed by atoms with Gasteiger partial charge in [0, 0.05) is 26.7 Å². The van der Waals surface area contributed by atoms with Crippen LogP contribution in [0, 0.1) is 0 Å². The minimum Gasteiger partial charge on any atom is -0.497 e. The zero-order valence-corrected chi connectivity index (χ0v) is 19.0. The Balaban J connectivity index is 0.00000676. The van der Waals surface area contributed by atoms with Gasteiger partial charge in [-0.05, 0) is 37.0 Å². The lowest BCUT2D eigenvalue weighted by Gasteiger charge is -2.15. The quantitative estimate of drug-likeness (QED) is 0.191. The van der Waals surface area contributed by atoms with Crippen LogP contribution in [0.2, 0.25) is 0 Å². The van der Waals surface area contributed by atoms with E-state index in [-0.39, 0.29) is 36.4 Å². The topological polar surface area (TPSA) is 84.0 Å². The van der Waals surface area contributed by atoms with Crippen molar-refractivity contribution in [2.24, 2.45) is 4.99 Å². The number of methoxy groups -OCH3 is 2. The molecule has 1 aromatic carbocycles. The van der Waals surface area contributed by atoms with Crippen LogP contribution in [0.1, 0.15) is 31.7 Å². The van der Waals surface area contributed by atoms with E-state index in [1.807, 2.05) is 19.1 Å². The van der Waals surface area contributed by atoms with Gasteiger partial charge in [-0.2, -0.15) is 0 Å². The SMILES string of the molecule is CCNC(=NCC(=O)NCCOC)NCCC(C)c1ccc(OC)cc1.I. The minimum absolute atomic E-state index is 0. The van der Waals surface area contributed by atoms with Gasteiger partial charge in [0.05, 0.1) is 13.7 Å². The van der Waals surface area contributed by atoms with Gasteiger partial charge >= 0.3 is 0 Å². The van der Waals surface area contributed by atoms with Crippen LogP contribution in [0.3, 0.4) is 0 Å². The molecule has 8 heteroatoms. The summed E-state index contributed by atoms with van der Waals surface area (Å²) in [5, 5.41) is 9.18. The van der Waals surface area contributed by atoms with Crippen LogP contribution in [0.25, 0.3) is 0 Å². The first kappa shape index (κ1) is 25.4. The highest BCUT2D eigenvalue weighted by Crippen LogP contribution is 2.21. The maximum atomic E-state index is 11.7. The lowest BCUT2D eigenvalue weighted by Crippen LogP contribution is -2.39. The molecule has 1 atom stereocenters. The highest BCUT2D eigenvalue weighted by atomic mass is 127. The second-order valence-electron chi connectivity index (χ2n) is 5.93. The lowest BCUT2D eigenvalue weighted by molar-refractivity contribution is -0.119. The first-order valence-corrected chi connectivity index (χ1v) is 9.02. The zero-order chi connectivity index (χ0) is 19.2. The summed E-state index contributed by atoms with van der Waals surface area (Å²) in [7, 11) is 3.27. The molecule has 0 bridgehead atoms. The molecule has 1 rings (SSSR count).